The molecule has 0 unspecified atom stereocenters. The fourth-order valence-corrected chi connectivity index (χ4v) is 4.05. The Hall–Kier alpha value is -2.84. The number of hydrogen-bond donors (Lipinski definition) is 1. The van der Waals surface area contributed by atoms with Crippen LogP contribution in [0.5, 0.6) is 11.5 Å². The van der Waals surface area contributed by atoms with Crippen molar-refractivity contribution >= 4 is 51.9 Å². The van der Waals surface area contributed by atoms with Crippen LogP contribution >= 0.6 is 24.0 Å². The molecule has 0 aliphatic carbocycles. The average molecular weight is 415 g/mol. The molecule has 2 aromatic carbocycles. The molecular weight excluding hydrogens is 398 g/mol. The molecular formula is C20H17NO5S2. The van der Waals surface area contributed by atoms with Crippen LogP contribution in [-0.4, -0.2) is 35.5 Å². The lowest BCUT2D eigenvalue weighted by atomic mass is 10.1. The number of nitrogens with zero attached hydrogens (tertiary/aromatic N) is 1. The number of carboxylic acids is 1. The van der Waals surface area contributed by atoms with Crippen molar-refractivity contribution in [2.24, 2.45) is 0 Å². The number of carboxylic acid groups (broad SMARTS) is 1. The summed E-state index contributed by atoms with van der Waals surface area (Å²) < 4.78 is 10.9. The predicted octanol–water partition coefficient (Wildman–Crippen LogP) is 4.12. The summed E-state index contributed by atoms with van der Waals surface area (Å²) in [6.45, 7) is 1.70. The van der Waals surface area contributed by atoms with Gasteiger partial charge in [-0.05, 0) is 48.9 Å². The third-order valence-electron chi connectivity index (χ3n) is 4.23. The number of carbonyl (C=O) groups is 2. The van der Waals surface area contributed by atoms with E-state index in [4.69, 9.17) is 21.7 Å². The van der Waals surface area contributed by atoms with Gasteiger partial charge in [0.05, 0.1) is 30.4 Å². The van der Waals surface area contributed by atoms with E-state index in [0.717, 1.165) is 11.8 Å². The minimum absolute atomic E-state index is 0.130. The number of anilines is 1. The number of hydrogen-bond acceptors (Lipinski definition) is 6. The molecule has 0 aromatic heterocycles. The van der Waals surface area contributed by atoms with E-state index >= 15 is 0 Å². The lowest BCUT2D eigenvalue weighted by molar-refractivity contribution is -0.113. The zero-order valence-corrected chi connectivity index (χ0v) is 17.0. The molecule has 1 heterocycles. The molecule has 1 aliphatic rings. The van der Waals surface area contributed by atoms with Gasteiger partial charge in [0.1, 0.15) is 11.5 Å². The molecule has 0 radical (unpaired) electrons. The maximum atomic E-state index is 13.0. The molecule has 1 N–H and O–H groups in total. The summed E-state index contributed by atoms with van der Waals surface area (Å²) in [6, 6.07) is 10.1. The molecule has 0 bridgehead atoms. The highest BCUT2D eigenvalue weighted by molar-refractivity contribution is 8.27. The van der Waals surface area contributed by atoms with Crippen molar-refractivity contribution in [3.63, 3.8) is 0 Å². The molecule has 6 nitrogen and oxygen atoms in total. The smallest absolute Gasteiger partial charge is 0.336 e. The Kier molecular flexibility index (Phi) is 5.71. The SMILES string of the molecule is COc1ccc(OC)c(C=C2SC(=S)N(c3ccc(C)c(C(=O)O)c3)C2=O)c1. The van der Waals surface area contributed by atoms with Crippen LogP contribution in [0.1, 0.15) is 21.5 Å². The monoisotopic (exact) mass is 415 g/mol. The van der Waals surface area contributed by atoms with E-state index in [9.17, 15) is 14.7 Å². The average Bonchev–Trinajstić information content (AvgIpc) is 2.95. The summed E-state index contributed by atoms with van der Waals surface area (Å²) in [5.74, 6) is -0.150. The molecule has 0 saturated carbocycles. The first-order valence-electron chi connectivity index (χ1n) is 8.19. The standard InChI is InChI=1S/C20H17NO5S2/c1-11-4-5-13(10-15(11)19(23)24)21-18(22)17(28-20(21)27)9-12-8-14(25-2)6-7-16(12)26-3/h4-10H,1-3H3,(H,23,24). The molecule has 8 heteroatoms. The van der Waals surface area contributed by atoms with Crippen molar-refractivity contribution in [2.75, 3.05) is 19.1 Å². The molecule has 144 valence electrons. The van der Waals surface area contributed by atoms with E-state index in [2.05, 4.69) is 0 Å². The lowest BCUT2D eigenvalue weighted by Crippen LogP contribution is -2.27. The van der Waals surface area contributed by atoms with E-state index in [0.29, 0.717) is 37.5 Å². The molecule has 1 fully saturated rings. The summed E-state index contributed by atoms with van der Waals surface area (Å²) in [5, 5.41) is 9.34. The molecule has 3 rings (SSSR count). The molecule has 1 aliphatic heterocycles. The van der Waals surface area contributed by atoms with Crippen LogP contribution in [0.2, 0.25) is 0 Å². The largest absolute Gasteiger partial charge is 0.497 e. The maximum absolute atomic E-state index is 13.0. The van der Waals surface area contributed by atoms with Crippen molar-refractivity contribution in [2.45, 2.75) is 6.92 Å². The van der Waals surface area contributed by atoms with Crippen LogP contribution in [-0.2, 0) is 4.79 Å². The number of aryl methyl sites for hydroxylation is 1. The van der Waals surface area contributed by atoms with Crippen LogP contribution in [0, 0.1) is 6.92 Å². The van der Waals surface area contributed by atoms with E-state index in [1.165, 1.54) is 11.0 Å². The highest BCUT2D eigenvalue weighted by Gasteiger charge is 2.34. The summed E-state index contributed by atoms with van der Waals surface area (Å²) in [4.78, 5) is 26.1. The number of benzene rings is 2. The van der Waals surface area contributed by atoms with Gasteiger partial charge in [0.15, 0.2) is 4.32 Å². The lowest BCUT2D eigenvalue weighted by Gasteiger charge is -2.16. The topological polar surface area (TPSA) is 76.1 Å². The normalized spacial score (nSPS) is 15.2. The van der Waals surface area contributed by atoms with Gasteiger partial charge in [-0.1, -0.05) is 30.0 Å². The van der Waals surface area contributed by atoms with E-state index in [1.807, 2.05) is 0 Å². The highest BCUT2D eigenvalue weighted by atomic mass is 32.2. The van der Waals surface area contributed by atoms with Gasteiger partial charge < -0.3 is 14.6 Å². The third kappa shape index (κ3) is 3.74. The van der Waals surface area contributed by atoms with Gasteiger partial charge in [-0.25, -0.2) is 4.79 Å². The highest BCUT2D eigenvalue weighted by Crippen LogP contribution is 2.38. The summed E-state index contributed by atoms with van der Waals surface area (Å²) in [7, 11) is 3.10. The Morgan fingerprint density at radius 1 is 1.18 bits per heavy atom. The number of aromatic carboxylic acids is 1. The van der Waals surface area contributed by atoms with Crippen LogP contribution < -0.4 is 14.4 Å². The first-order valence-corrected chi connectivity index (χ1v) is 9.42. The quantitative estimate of drug-likeness (QED) is 0.582. The number of amides is 1. The van der Waals surface area contributed by atoms with Crippen LogP contribution in [0.3, 0.4) is 0 Å². The zero-order chi connectivity index (χ0) is 20.4. The molecule has 0 spiro atoms. The Morgan fingerprint density at radius 3 is 2.57 bits per heavy atom. The van der Waals surface area contributed by atoms with E-state index in [-0.39, 0.29) is 11.5 Å². The number of carbonyl (C=O) groups excluding carboxylic acids is 1. The van der Waals surface area contributed by atoms with Gasteiger partial charge in [0.25, 0.3) is 5.91 Å². The van der Waals surface area contributed by atoms with E-state index < -0.39 is 5.97 Å². The van der Waals surface area contributed by atoms with Crippen molar-refractivity contribution < 1.29 is 24.2 Å². The second kappa shape index (κ2) is 8.04. The second-order valence-electron chi connectivity index (χ2n) is 5.93. The van der Waals surface area contributed by atoms with Crippen molar-refractivity contribution in [3.05, 3.63) is 58.0 Å². The van der Waals surface area contributed by atoms with Gasteiger partial charge >= 0.3 is 5.97 Å². The van der Waals surface area contributed by atoms with Crippen LogP contribution in [0.4, 0.5) is 5.69 Å². The summed E-state index contributed by atoms with van der Waals surface area (Å²) >= 11 is 6.52. The number of rotatable bonds is 5. The Morgan fingerprint density at radius 2 is 1.93 bits per heavy atom. The number of thiocarbonyl (C=S) groups is 1. The first-order chi connectivity index (χ1) is 13.3. The van der Waals surface area contributed by atoms with E-state index in [1.54, 1.807) is 57.6 Å². The third-order valence-corrected chi connectivity index (χ3v) is 5.53. The van der Waals surface area contributed by atoms with Gasteiger partial charge in [-0.3, -0.25) is 9.69 Å². The maximum Gasteiger partial charge on any atom is 0.336 e. The summed E-state index contributed by atoms with van der Waals surface area (Å²) in [6.07, 6.45) is 1.69. The minimum Gasteiger partial charge on any atom is -0.497 e. The number of thioether (sulfide) groups is 1. The van der Waals surface area contributed by atoms with Gasteiger partial charge in [-0.15, -0.1) is 0 Å². The van der Waals surface area contributed by atoms with Crippen molar-refractivity contribution in [1.82, 2.24) is 0 Å². The van der Waals surface area contributed by atoms with Crippen molar-refractivity contribution in [1.29, 1.82) is 0 Å². The molecule has 2 aromatic rings. The van der Waals surface area contributed by atoms with Gasteiger partial charge in [0, 0.05) is 5.56 Å². The zero-order valence-electron chi connectivity index (χ0n) is 15.4. The molecule has 1 amide bonds. The second-order valence-corrected chi connectivity index (χ2v) is 7.61. The van der Waals surface area contributed by atoms with Gasteiger partial charge in [0.2, 0.25) is 0 Å². The number of methoxy groups -OCH3 is 2. The fourth-order valence-electron chi connectivity index (χ4n) is 2.76. The van der Waals surface area contributed by atoms with Crippen LogP contribution in [0.25, 0.3) is 6.08 Å². The molecule has 0 atom stereocenters. The summed E-state index contributed by atoms with van der Waals surface area (Å²) in [5.41, 5.74) is 1.84. The number of ether oxygens (including phenoxy) is 2. The predicted molar refractivity (Wildman–Crippen MR) is 113 cm³/mol. The van der Waals surface area contributed by atoms with Gasteiger partial charge in [-0.2, -0.15) is 0 Å². The Labute approximate surface area is 171 Å². The Bertz CT molecular complexity index is 1020. The van der Waals surface area contributed by atoms with Crippen LogP contribution in [0.15, 0.2) is 41.3 Å². The first kappa shape index (κ1) is 19.9. The molecule has 1 saturated heterocycles. The Balaban J connectivity index is 2.00. The molecule has 28 heavy (non-hydrogen) atoms. The van der Waals surface area contributed by atoms with Crippen molar-refractivity contribution in [3.8, 4) is 11.5 Å². The fraction of sp³-hybridized carbons (Fsp3) is 0.150. The minimum atomic E-state index is -1.05.